The highest BCUT2D eigenvalue weighted by molar-refractivity contribution is 7.54. The van der Waals surface area contributed by atoms with Crippen molar-refractivity contribution in [1.29, 1.82) is 0 Å². The van der Waals surface area contributed by atoms with Gasteiger partial charge in [-0.05, 0) is 125 Å². The standard InChI is InChI=1S/C33H33N7O4.C33H34N4O5.C12H15N7O4.C2H5BF.C2H6O.C2H6.BCl3.F2/c1-32(43-21-26-15-9-4-10-16-26)30(42-20-25-13-7-3-8-14-25)28(22-41-19-24-11-5-2-6-12-24)44-33(32,38-39-35)29-18-17-27-31(34)36-23-37-40(27)29;1-32(41-21-26-15-9-4-10-16-26)30(40-20-25-13-7-3-8-14-25)28(22-39-19-24-11-5-2-6-12-24)42-33(32,38)29-18-17-27-31(34)35-23-36-37(27)29;1-11(22)9(21)7(4-20)23-12(11,17-18-14)8-3-2-6-10(13)15-5-16-19(6)8;1-2-3-4;1-2-3;1-2;2-1(3)4;1-2/h2-18,23,28,30H,19-22H2,1H3,(H2,34,36,37);2-18,23,28,30,38H,19-22H2,1H3,(H2,34,35,36);2-3,5,7,9,20-22H,4H2,1H3,(H2,13,15,16);2H2,1H3;3H,2H2,1H3;1-2H3;;/t28-,30-,32-,33+;28-,30-,32-,33?;7-,9-,11-,12+;;;;;/m111...../s1/i;;;;;1D;;. The van der Waals surface area contributed by atoms with Gasteiger partial charge in [0.15, 0.2) is 23.1 Å². The third-order valence-corrected chi connectivity index (χ3v) is 20.0. The van der Waals surface area contributed by atoms with Crippen molar-refractivity contribution >= 4 is 80.9 Å². The zero-order chi connectivity index (χ0) is 90.6. The number of aromatic nitrogens is 9. The third-order valence-electron chi connectivity index (χ3n) is 20.0. The van der Waals surface area contributed by atoms with E-state index < -0.39 is 82.2 Å². The molecular weight excluding hydrogens is 1670 g/mol. The molecule has 3 fully saturated rings. The summed E-state index contributed by atoms with van der Waals surface area (Å²) in [5.41, 5.74) is 36.8. The van der Waals surface area contributed by atoms with Crippen molar-refractivity contribution in [3.8, 4) is 0 Å². The predicted molar refractivity (Wildman–Crippen MR) is 465 cm³/mol. The van der Waals surface area contributed by atoms with Gasteiger partial charge < -0.3 is 89.7 Å². The number of benzene rings is 6. The minimum absolute atomic E-state index is 0.141. The lowest BCUT2D eigenvalue weighted by molar-refractivity contribution is -0.294. The Morgan fingerprint density at radius 1 is 0.508 bits per heavy atom. The van der Waals surface area contributed by atoms with E-state index in [1.807, 2.05) is 196 Å². The molecule has 657 valence electrons. The molecule has 9 heterocycles. The largest absolute Gasteiger partial charge is 0.450 e. The number of hydrogen-bond donors (Lipinski definition) is 8. The molecule has 0 saturated carbocycles. The number of azide groups is 2. The fourth-order valence-corrected chi connectivity index (χ4v) is 14.1. The Balaban J connectivity index is 0.000000221. The molecule has 124 heavy (non-hydrogen) atoms. The number of aliphatic hydroxyl groups excluding tert-OH is 3. The van der Waals surface area contributed by atoms with Crippen LogP contribution in [0.2, 0.25) is 6.32 Å². The van der Waals surface area contributed by atoms with Crippen molar-refractivity contribution in [1.82, 2.24) is 43.8 Å². The first-order chi connectivity index (χ1) is 60.4. The van der Waals surface area contributed by atoms with E-state index in [4.69, 9.17) is 115 Å². The topological polar surface area (TPSA) is 450 Å². The molecule has 0 bridgehead atoms. The van der Waals surface area contributed by atoms with Gasteiger partial charge in [0, 0.05) is 26.9 Å². The van der Waals surface area contributed by atoms with Gasteiger partial charge in [-0.15, -0.1) is 0 Å². The second-order valence-electron chi connectivity index (χ2n) is 27.9. The number of halogens is 6. The monoisotopic (exact) mass is 1770 g/mol. The number of nitrogen functional groups attached to an aromatic ring is 3. The normalized spacial score (nSPS) is 23.3. The van der Waals surface area contributed by atoms with Crippen molar-refractivity contribution < 1.29 is 83.0 Å². The summed E-state index contributed by atoms with van der Waals surface area (Å²) in [5, 5.41) is 71.3. The minimum atomic E-state index is -2.01. The highest BCUT2D eigenvalue weighted by Crippen LogP contribution is 2.54. The maximum atomic E-state index is 12.6. The lowest BCUT2D eigenvalue weighted by Gasteiger charge is -2.40. The Kier molecular flexibility index (Phi) is 37.7. The number of nitrogens with two attached hydrogens (primary N) is 3. The van der Waals surface area contributed by atoms with E-state index in [1.54, 1.807) is 55.6 Å². The fourth-order valence-electron chi connectivity index (χ4n) is 14.1. The van der Waals surface area contributed by atoms with Gasteiger partial charge in [0.2, 0.25) is 17.2 Å². The number of hydrogen-bond acceptors (Lipinski definition) is 25. The molecule has 1 radical (unpaired) electrons. The molecule has 6 aromatic carbocycles. The average Bonchev–Trinajstić information content (AvgIpc) is 1.56. The Morgan fingerprint density at radius 2 is 0.806 bits per heavy atom. The SMILES string of the molecule is CCO.CC[B]F.C[C@@]1(O)[C@H](O)[C@@H](CO)O[C@@]1(N=[N+]=[N-])c1ccc2c(N)ncnn12.C[C@@]1(OCc2ccccc2)[C@H](OCc2ccccc2)[C@@H](COCc2ccccc2)OC1(O)c1ccc2c(N)ncnn12.C[C@@]1(OCc2ccccc2)[C@H](OCc2ccccc2)[C@@H](COCc2ccccc2)O[C@@]1(N=[N+]=[N-])c1ccc2c(N)ncnn12.ClB(Cl)Cl.FF.[2H]CC. The zero-order valence-corrected chi connectivity index (χ0v) is 71.0. The zero-order valence-electron chi connectivity index (χ0n) is 69.7. The highest BCUT2D eigenvalue weighted by Gasteiger charge is 2.69. The number of nitrogens with zero attached hydrogens (tertiary/aromatic N) is 15. The molecule has 12 aromatic rings. The smallest absolute Gasteiger partial charge is 0.397 e. The van der Waals surface area contributed by atoms with Crippen LogP contribution in [-0.2, 0) is 99.5 Å². The van der Waals surface area contributed by atoms with E-state index in [1.165, 1.54) is 41.0 Å². The first-order valence-corrected chi connectivity index (χ1v) is 40.1. The molecule has 0 aliphatic carbocycles. The summed E-state index contributed by atoms with van der Waals surface area (Å²) < 4.78 is 95.1. The lowest BCUT2D eigenvalue weighted by Crippen LogP contribution is -2.55. The van der Waals surface area contributed by atoms with Crippen LogP contribution in [0.15, 0.2) is 248 Å². The molecule has 1 unspecified atom stereocenters. The first kappa shape index (κ1) is 97.2. The highest BCUT2D eigenvalue weighted by atomic mass is 35.6. The van der Waals surface area contributed by atoms with Gasteiger partial charge in [-0.25, -0.2) is 28.5 Å². The van der Waals surface area contributed by atoms with Gasteiger partial charge in [-0.3, -0.25) is 0 Å². The van der Waals surface area contributed by atoms with Gasteiger partial charge in [-0.2, -0.15) is 49.7 Å². The van der Waals surface area contributed by atoms with E-state index in [0.29, 0.717) is 61.9 Å². The Hall–Kier alpha value is -10.6. The van der Waals surface area contributed by atoms with Crippen LogP contribution in [-0.4, -0.2) is 162 Å². The van der Waals surface area contributed by atoms with E-state index in [-0.39, 0.29) is 69.4 Å². The van der Waals surface area contributed by atoms with Crippen LogP contribution in [0.5, 0.6) is 0 Å². The van der Waals surface area contributed by atoms with E-state index in [2.05, 4.69) is 50.3 Å². The van der Waals surface area contributed by atoms with E-state index in [0.717, 1.165) is 33.4 Å². The van der Waals surface area contributed by atoms with Crippen molar-refractivity contribution in [2.45, 2.75) is 165 Å². The summed E-state index contributed by atoms with van der Waals surface area (Å²) in [4.78, 5) is 17.3. The molecule has 40 heteroatoms. The van der Waals surface area contributed by atoms with Crippen LogP contribution in [0.1, 0.15) is 100 Å². The molecule has 3 aliphatic rings. The van der Waals surface area contributed by atoms with Crippen molar-refractivity contribution in [3.05, 3.63) is 309 Å². The lowest BCUT2D eigenvalue weighted by atomic mass is 9.85. The molecule has 15 rings (SSSR count). The van der Waals surface area contributed by atoms with Crippen molar-refractivity contribution in [2.75, 3.05) is 43.6 Å². The fraction of sp³-hybridized carbons (Fsp3) is 0.357. The number of fused-ring (bicyclic) bond motifs is 3. The van der Waals surface area contributed by atoms with Crippen LogP contribution < -0.4 is 17.2 Å². The van der Waals surface area contributed by atoms with E-state index in [9.17, 15) is 30.3 Å². The Bertz CT molecular complexity index is 5310. The molecule has 32 nitrogen and oxygen atoms in total. The number of aliphatic hydroxyl groups is 5. The van der Waals surface area contributed by atoms with Gasteiger partial charge in [-0.1, -0.05) is 203 Å². The summed E-state index contributed by atoms with van der Waals surface area (Å²) in [6.45, 7) is 12.3. The second-order valence-corrected chi connectivity index (χ2v) is 29.8. The summed E-state index contributed by atoms with van der Waals surface area (Å²) in [6.07, 6.45) is -1.06. The van der Waals surface area contributed by atoms with Gasteiger partial charge in [0.1, 0.15) is 89.1 Å². The van der Waals surface area contributed by atoms with Crippen LogP contribution in [0.25, 0.3) is 37.4 Å². The molecule has 6 aromatic heterocycles. The summed E-state index contributed by atoms with van der Waals surface area (Å²) in [6, 6.07) is 69.1. The molecule has 0 amide bonds. The molecule has 3 aliphatic heterocycles. The van der Waals surface area contributed by atoms with Crippen molar-refractivity contribution in [3.63, 3.8) is 0 Å². The molecule has 0 spiro atoms. The van der Waals surface area contributed by atoms with Crippen LogP contribution >= 0.6 is 34.4 Å². The summed E-state index contributed by atoms with van der Waals surface area (Å²) in [5.74, 6) is -1.26. The third kappa shape index (κ3) is 23.3. The quantitative estimate of drug-likeness (QED) is 0.0103. The second kappa shape index (κ2) is 48.1. The van der Waals surface area contributed by atoms with Gasteiger partial charge in [0.25, 0.3) is 0 Å². The van der Waals surface area contributed by atoms with Crippen molar-refractivity contribution in [2.24, 2.45) is 10.2 Å². The first-order valence-electron chi connectivity index (χ1n) is 39.5. The van der Waals surface area contributed by atoms with Crippen LogP contribution in [0.3, 0.4) is 0 Å². The molecule has 3 saturated heterocycles. The summed E-state index contributed by atoms with van der Waals surface area (Å²) >= 11 is 14.4. The molecule has 11 N–H and O–H groups in total. The number of rotatable bonds is 27. The molecule has 12 atom stereocenters. The minimum Gasteiger partial charge on any atom is -0.397 e. The predicted octanol–water partition coefficient (Wildman–Crippen LogP) is 14.4. The summed E-state index contributed by atoms with van der Waals surface area (Å²) in [7, 11) is 0.625. The molecular formula is C84H99B2Cl3F3N18O14. The Labute approximate surface area is 731 Å². The van der Waals surface area contributed by atoms with Crippen LogP contribution in [0.4, 0.5) is 30.9 Å². The van der Waals surface area contributed by atoms with E-state index >= 15 is 0 Å². The number of ether oxygens (including phenoxy) is 9. The van der Waals surface area contributed by atoms with Crippen LogP contribution in [0, 0.1) is 0 Å². The van der Waals surface area contributed by atoms with Gasteiger partial charge in [0.05, 0.1) is 70.8 Å². The number of anilines is 3. The Morgan fingerprint density at radius 3 is 1.15 bits per heavy atom. The van der Waals surface area contributed by atoms with Gasteiger partial charge >= 0.3 is 12.5 Å². The maximum absolute atomic E-state index is 12.6. The average molecular weight is 1770 g/mol. The maximum Gasteiger partial charge on any atom is 0.450 e.